The van der Waals surface area contributed by atoms with Gasteiger partial charge in [0, 0.05) is 24.5 Å². The van der Waals surface area contributed by atoms with Gasteiger partial charge in [-0.25, -0.2) is 0 Å². The van der Waals surface area contributed by atoms with Crippen LogP contribution in [-0.2, 0) is 0 Å². The van der Waals surface area contributed by atoms with Gasteiger partial charge >= 0.3 is 0 Å². The Balaban J connectivity index is 1.61. The predicted octanol–water partition coefficient (Wildman–Crippen LogP) is 4.60. The van der Waals surface area contributed by atoms with E-state index in [1.807, 2.05) is 0 Å². The van der Waals surface area contributed by atoms with Crippen LogP contribution in [0.25, 0.3) is 0 Å². The van der Waals surface area contributed by atoms with Crippen molar-refractivity contribution in [2.75, 3.05) is 18.4 Å². The maximum Gasteiger partial charge on any atom is 0.0100 e. The molecule has 0 heterocycles. The predicted molar refractivity (Wildman–Crippen MR) is 81.2 cm³/mol. The van der Waals surface area contributed by atoms with E-state index >= 15 is 0 Å². The van der Waals surface area contributed by atoms with Gasteiger partial charge in [-0.2, -0.15) is 0 Å². The minimum absolute atomic E-state index is 0.605. The fraction of sp³-hybridized carbons (Fsp3) is 1.00. The zero-order valence-corrected chi connectivity index (χ0v) is 13.3. The Kier molecular flexibility index (Phi) is 4.35. The van der Waals surface area contributed by atoms with E-state index in [0.29, 0.717) is 5.41 Å². The molecule has 0 aromatic heterocycles. The first-order chi connectivity index (χ1) is 8.81. The summed E-state index contributed by atoms with van der Waals surface area (Å²) in [6.07, 6.45) is 14.8. The summed E-state index contributed by atoms with van der Waals surface area (Å²) < 4.78 is 0. The molecule has 0 amide bonds. The van der Waals surface area contributed by atoms with E-state index < -0.39 is 0 Å². The smallest absolute Gasteiger partial charge is 0.0100 e. The molecule has 104 valence electrons. The lowest BCUT2D eigenvalue weighted by Gasteiger charge is -2.37. The zero-order valence-electron chi connectivity index (χ0n) is 11.7. The highest BCUT2D eigenvalue weighted by atomic mass is 79.9. The Morgan fingerprint density at radius 3 is 2.11 bits per heavy atom. The topological polar surface area (TPSA) is 3.24 Å². The number of halogens is 1. The monoisotopic (exact) mass is 313 g/mol. The molecule has 3 aliphatic carbocycles. The van der Waals surface area contributed by atoms with E-state index in [9.17, 15) is 0 Å². The number of nitrogens with zero attached hydrogens (tertiary/aromatic N) is 1. The van der Waals surface area contributed by atoms with Crippen molar-refractivity contribution in [3.8, 4) is 0 Å². The summed E-state index contributed by atoms with van der Waals surface area (Å²) in [6, 6.07) is 0.963. The molecule has 0 radical (unpaired) electrons. The summed E-state index contributed by atoms with van der Waals surface area (Å²) >= 11 is 3.86. The summed E-state index contributed by atoms with van der Waals surface area (Å²) in [4.78, 5) is 2.88. The first-order valence-corrected chi connectivity index (χ1v) is 9.23. The summed E-state index contributed by atoms with van der Waals surface area (Å²) in [7, 11) is 0. The minimum atomic E-state index is 0.605. The van der Waals surface area contributed by atoms with Crippen LogP contribution < -0.4 is 0 Å². The van der Waals surface area contributed by atoms with Crippen molar-refractivity contribution in [2.24, 2.45) is 11.3 Å². The first kappa shape index (κ1) is 13.4. The van der Waals surface area contributed by atoms with Crippen molar-refractivity contribution in [1.29, 1.82) is 0 Å². The lowest BCUT2D eigenvalue weighted by Crippen LogP contribution is -2.41. The van der Waals surface area contributed by atoms with Gasteiger partial charge in [0.15, 0.2) is 0 Å². The van der Waals surface area contributed by atoms with Gasteiger partial charge in [0.05, 0.1) is 0 Å². The first-order valence-electron chi connectivity index (χ1n) is 8.11. The van der Waals surface area contributed by atoms with E-state index in [4.69, 9.17) is 0 Å². The molecule has 0 spiro atoms. The molecule has 18 heavy (non-hydrogen) atoms. The van der Waals surface area contributed by atoms with Crippen LogP contribution >= 0.6 is 15.9 Å². The van der Waals surface area contributed by atoms with Crippen LogP contribution in [0.4, 0.5) is 0 Å². The van der Waals surface area contributed by atoms with Crippen molar-refractivity contribution >= 4 is 15.9 Å². The van der Waals surface area contributed by atoms with E-state index in [-0.39, 0.29) is 0 Å². The molecule has 0 aromatic carbocycles. The third kappa shape index (κ3) is 3.50. The Labute approximate surface area is 121 Å². The Bertz CT molecular complexity index is 262. The standard InChI is InChI=1S/C16H28BrN/c17-12-16(9-3-1-2-4-10-16)13-18(15-7-8-15)11-14-5-6-14/h14-15H,1-13H2. The normalized spacial score (nSPS) is 28.3. The molecule has 0 bridgehead atoms. The van der Waals surface area contributed by atoms with Crippen molar-refractivity contribution in [3.05, 3.63) is 0 Å². The van der Waals surface area contributed by atoms with Gasteiger partial charge < -0.3 is 0 Å². The second-order valence-corrected chi connectivity index (χ2v) is 7.71. The lowest BCUT2D eigenvalue weighted by molar-refractivity contribution is 0.139. The highest BCUT2D eigenvalue weighted by molar-refractivity contribution is 9.09. The van der Waals surface area contributed by atoms with Gasteiger partial charge in [0.2, 0.25) is 0 Å². The van der Waals surface area contributed by atoms with Gasteiger partial charge in [-0.1, -0.05) is 41.6 Å². The molecule has 0 N–H and O–H groups in total. The Morgan fingerprint density at radius 1 is 0.944 bits per heavy atom. The highest BCUT2D eigenvalue weighted by Crippen LogP contribution is 2.41. The maximum atomic E-state index is 3.86. The van der Waals surface area contributed by atoms with Crippen LogP contribution in [0.15, 0.2) is 0 Å². The van der Waals surface area contributed by atoms with Crippen LogP contribution in [0.2, 0.25) is 0 Å². The van der Waals surface area contributed by atoms with Crippen molar-refractivity contribution in [1.82, 2.24) is 4.90 Å². The average Bonchev–Trinajstić information content (AvgIpc) is 3.23. The van der Waals surface area contributed by atoms with Crippen molar-refractivity contribution in [2.45, 2.75) is 70.3 Å². The van der Waals surface area contributed by atoms with Crippen LogP contribution in [-0.4, -0.2) is 29.4 Å². The van der Waals surface area contributed by atoms with E-state index in [1.165, 1.54) is 82.6 Å². The molecule has 3 saturated carbocycles. The second-order valence-electron chi connectivity index (χ2n) is 7.15. The number of alkyl halides is 1. The van der Waals surface area contributed by atoms with Crippen molar-refractivity contribution in [3.63, 3.8) is 0 Å². The van der Waals surface area contributed by atoms with Crippen LogP contribution in [0.3, 0.4) is 0 Å². The van der Waals surface area contributed by atoms with E-state index in [0.717, 1.165) is 12.0 Å². The number of hydrogen-bond acceptors (Lipinski definition) is 1. The van der Waals surface area contributed by atoms with Crippen LogP contribution in [0.5, 0.6) is 0 Å². The molecule has 1 nitrogen and oxygen atoms in total. The van der Waals surface area contributed by atoms with Gasteiger partial charge in [0.25, 0.3) is 0 Å². The summed E-state index contributed by atoms with van der Waals surface area (Å²) in [5.74, 6) is 1.06. The highest BCUT2D eigenvalue weighted by Gasteiger charge is 2.39. The third-order valence-electron chi connectivity index (χ3n) is 5.24. The molecule has 0 aromatic rings. The quantitative estimate of drug-likeness (QED) is 0.512. The fourth-order valence-corrected chi connectivity index (χ4v) is 4.40. The molecule has 0 saturated heterocycles. The van der Waals surface area contributed by atoms with Crippen LogP contribution in [0.1, 0.15) is 64.2 Å². The maximum absolute atomic E-state index is 3.86. The number of hydrogen-bond donors (Lipinski definition) is 0. The zero-order chi connectivity index (χ0) is 12.4. The van der Waals surface area contributed by atoms with Gasteiger partial charge in [-0.05, 0) is 49.9 Å². The minimum Gasteiger partial charge on any atom is -0.300 e. The second kappa shape index (κ2) is 5.83. The van der Waals surface area contributed by atoms with Gasteiger partial charge in [-0.3, -0.25) is 4.90 Å². The lowest BCUT2D eigenvalue weighted by atomic mass is 9.82. The van der Waals surface area contributed by atoms with E-state index in [1.54, 1.807) is 0 Å². The molecular weight excluding hydrogens is 286 g/mol. The molecular formula is C16H28BrN. The summed E-state index contributed by atoms with van der Waals surface area (Å²) in [5, 5.41) is 1.23. The largest absolute Gasteiger partial charge is 0.300 e. The average molecular weight is 314 g/mol. The van der Waals surface area contributed by atoms with Crippen molar-refractivity contribution < 1.29 is 0 Å². The number of rotatable bonds is 6. The summed E-state index contributed by atoms with van der Waals surface area (Å²) in [5.41, 5.74) is 0.605. The van der Waals surface area contributed by atoms with Gasteiger partial charge in [-0.15, -0.1) is 0 Å². The molecule has 0 unspecified atom stereocenters. The van der Waals surface area contributed by atoms with Gasteiger partial charge in [0.1, 0.15) is 0 Å². The molecule has 3 aliphatic rings. The molecule has 3 rings (SSSR count). The van der Waals surface area contributed by atoms with E-state index in [2.05, 4.69) is 20.8 Å². The summed E-state index contributed by atoms with van der Waals surface area (Å²) in [6.45, 7) is 2.80. The molecule has 3 fully saturated rings. The fourth-order valence-electron chi connectivity index (χ4n) is 3.66. The molecule has 0 atom stereocenters. The molecule has 2 heteroatoms. The SMILES string of the molecule is BrCC1(CN(CC2CC2)C2CC2)CCCCCC1. The third-order valence-corrected chi connectivity index (χ3v) is 6.43. The Morgan fingerprint density at radius 2 is 1.61 bits per heavy atom. The van der Waals surface area contributed by atoms with Crippen LogP contribution in [0, 0.1) is 11.3 Å². The molecule has 0 aliphatic heterocycles. The Hall–Kier alpha value is 0.440.